The maximum atomic E-state index is 15.6. The number of ether oxygens (including phenoxy) is 1. The summed E-state index contributed by atoms with van der Waals surface area (Å²) in [5, 5.41) is 11.0. The maximum Gasteiger partial charge on any atom is 0.319 e. The van der Waals surface area contributed by atoms with Gasteiger partial charge in [-0.2, -0.15) is 0 Å². The van der Waals surface area contributed by atoms with E-state index in [0.29, 0.717) is 12.9 Å². The number of likely N-dealkylation sites (N-methyl/N-ethyl adjacent to an activating group) is 1. The van der Waals surface area contributed by atoms with E-state index in [-0.39, 0.29) is 47.5 Å². The fraction of sp³-hybridized carbons (Fsp3) is 0.467. The number of imide groups is 1. The molecule has 10 nitrogen and oxygen atoms in total. The molecule has 0 aliphatic carbocycles. The molecule has 42 heavy (non-hydrogen) atoms. The number of thioether (sulfide) groups is 1. The Labute approximate surface area is 250 Å². The molecule has 0 bridgehead atoms. The van der Waals surface area contributed by atoms with Crippen molar-refractivity contribution in [2.45, 2.75) is 82.3 Å². The average Bonchev–Trinajstić information content (AvgIpc) is 3.41. The summed E-state index contributed by atoms with van der Waals surface area (Å²) in [4.78, 5) is 51.0. The minimum atomic E-state index is -0.768. The highest BCUT2D eigenvalue weighted by molar-refractivity contribution is 8.00. The molecule has 2 atom stereocenters. The van der Waals surface area contributed by atoms with Gasteiger partial charge in [-0.05, 0) is 58.0 Å². The normalized spacial score (nSPS) is 17.8. The van der Waals surface area contributed by atoms with Crippen LogP contribution in [-0.4, -0.2) is 59.6 Å². The first-order valence-electron chi connectivity index (χ1n) is 14.1. The number of carbonyl (C=O) groups excluding carboxylic acids is 4. The first-order chi connectivity index (χ1) is 20.0. The predicted octanol–water partition coefficient (Wildman–Crippen LogP) is 5.13. The number of nitrogens with one attached hydrogen (secondary N) is 4. The summed E-state index contributed by atoms with van der Waals surface area (Å²) in [6.45, 7) is 10.3. The van der Waals surface area contributed by atoms with E-state index in [2.05, 4.69) is 21.3 Å². The van der Waals surface area contributed by atoms with E-state index in [0.717, 1.165) is 22.8 Å². The van der Waals surface area contributed by atoms with Gasteiger partial charge in [0, 0.05) is 29.0 Å². The topological polar surface area (TPSA) is 129 Å². The summed E-state index contributed by atoms with van der Waals surface area (Å²) in [5.41, 5.74) is 0.164. The Bertz CT molecular complexity index is 1320. The van der Waals surface area contributed by atoms with Crippen molar-refractivity contribution in [3.63, 3.8) is 0 Å². The smallest absolute Gasteiger partial charge is 0.319 e. The third-order valence-corrected chi connectivity index (χ3v) is 8.40. The minimum Gasteiger partial charge on any atom is -0.491 e. The number of benzene rings is 2. The largest absolute Gasteiger partial charge is 0.491 e. The number of piperidine rings is 1. The van der Waals surface area contributed by atoms with Crippen molar-refractivity contribution in [3.05, 3.63) is 47.3 Å². The summed E-state index contributed by atoms with van der Waals surface area (Å²) in [7, 11) is 1.62. The van der Waals surface area contributed by atoms with E-state index in [9.17, 15) is 19.2 Å². The molecule has 2 unspecified atom stereocenters. The van der Waals surface area contributed by atoms with Crippen LogP contribution in [0, 0.1) is 5.82 Å². The van der Waals surface area contributed by atoms with Crippen LogP contribution in [0.5, 0.6) is 5.75 Å². The van der Waals surface area contributed by atoms with Gasteiger partial charge >= 0.3 is 6.03 Å². The van der Waals surface area contributed by atoms with Gasteiger partial charge in [0.2, 0.25) is 11.8 Å². The molecule has 0 radical (unpaired) electrons. The fourth-order valence-electron chi connectivity index (χ4n) is 4.68. The zero-order chi connectivity index (χ0) is 31.0. The van der Waals surface area contributed by atoms with Gasteiger partial charge in [0.25, 0.3) is 0 Å². The van der Waals surface area contributed by atoms with Crippen LogP contribution in [-0.2, 0) is 16.1 Å². The van der Waals surface area contributed by atoms with E-state index >= 15 is 4.39 Å². The lowest BCUT2D eigenvalue weighted by Gasteiger charge is -2.32. The van der Waals surface area contributed by atoms with E-state index in [1.807, 2.05) is 52.8 Å². The van der Waals surface area contributed by atoms with Gasteiger partial charge in [-0.15, -0.1) is 0 Å². The second-order valence-corrected chi connectivity index (χ2v) is 11.6. The van der Waals surface area contributed by atoms with Crippen LogP contribution in [0.2, 0.25) is 0 Å². The fourth-order valence-corrected chi connectivity index (χ4v) is 5.90. The lowest BCUT2D eigenvalue weighted by atomic mass is 10.0. The van der Waals surface area contributed by atoms with Gasteiger partial charge in [0.1, 0.15) is 12.0 Å². The van der Waals surface area contributed by atoms with E-state index in [1.165, 1.54) is 12.1 Å². The summed E-state index contributed by atoms with van der Waals surface area (Å²) in [5.74, 6) is -0.834. The van der Waals surface area contributed by atoms with Crippen LogP contribution >= 0.6 is 11.8 Å². The van der Waals surface area contributed by atoms with Crippen LogP contribution in [0.25, 0.3) is 0 Å². The SMILES string of the molecule is CC.CCCOc1cccc2c1NC(C(C)(C)NC(=O)Nc1ccc(C=O)c(CN(C)C3CCC(=O)NC3=O)c1F)S2. The molecule has 2 heterocycles. The van der Waals surface area contributed by atoms with Crippen molar-refractivity contribution in [3.8, 4) is 5.75 Å². The van der Waals surface area contributed by atoms with Gasteiger partial charge in [-0.3, -0.25) is 24.6 Å². The molecule has 0 spiro atoms. The molecule has 1 saturated heterocycles. The van der Waals surface area contributed by atoms with Crippen molar-refractivity contribution in [1.29, 1.82) is 0 Å². The standard InChI is InChI=1S/C28H34FN5O5S.C2H6/c1-5-13-39-20-7-6-8-21-24(20)32-26(40-21)28(2,3)33-27(38)30-18-10-9-16(15-35)17(23(18)29)14-34(4)19-11-12-22(36)31-25(19)37;1-2/h6-10,15,19,26,32H,5,11-14H2,1-4H3,(H2,30,33,38)(H,31,36,37);1-2H3. The van der Waals surface area contributed by atoms with E-state index in [4.69, 9.17) is 4.74 Å². The average molecular weight is 602 g/mol. The summed E-state index contributed by atoms with van der Waals surface area (Å²) >= 11 is 1.56. The first-order valence-corrected chi connectivity index (χ1v) is 15.0. The highest BCUT2D eigenvalue weighted by Crippen LogP contribution is 2.47. The number of aldehydes is 1. The monoisotopic (exact) mass is 601 g/mol. The van der Waals surface area contributed by atoms with Gasteiger partial charge in [-0.1, -0.05) is 38.6 Å². The Balaban J connectivity index is 0.00000237. The zero-order valence-electron chi connectivity index (χ0n) is 24.9. The Morgan fingerprint density at radius 1 is 1.24 bits per heavy atom. The molecule has 2 aliphatic heterocycles. The Morgan fingerprint density at radius 3 is 2.64 bits per heavy atom. The molecule has 4 amide bonds. The number of amides is 4. The molecule has 2 aliphatic rings. The molecule has 12 heteroatoms. The molecule has 4 rings (SSSR count). The predicted molar refractivity (Wildman–Crippen MR) is 163 cm³/mol. The minimum absolute atomic E-state index is 0.0438. The highest BCUT2D eigenvalue weighted by Gasteiger charge is 2.38. The maximum absolute atomic E-state index is 15.6. The van der Waals surface area contributed by atoms with Gasteiger partial charge in [0.15, 0.2) is 5.82 Å². The second-order valence-electron chi connectivity index (χ2n) is 10.4. The summed E-state index contributed by atoms with van der Waals surface area (Å²) < 4.78 is 21.5. The third kappa shape index (κ3) is 7.60. The third-order valence-electron chi connectivity index (χ3n) is 6.87. The molecule has 228 valence electrons. The molecule has 2 aromatic carbocycles. The van der Waals surface area contributed by atoms with Crippen molar-refractivity contribution in [2.75, 3.05) is 24.3 Å². The number of hydrogen-bond donors (Lipinski definition) is 4. The van der Waals surface area contributed by atoms with Crippen LogP contribution in [0.3, 0.4) is 0 Å². The van der Waals surface area contributed by atoms with E-state index < -0.39 is 29.3 Å². The number of nitrogens with zero attached hydrogens (tertiary/aromatic N) is 1. The van der Waals surface area contributed by atoms with Crippen LogP contribution < -0.4 is 26.0 Å². The Kier molecular flexibility index (Phi) is 11.3. The number of anilines is 2. The second kappa shape index (κ2) is 14.5. The van der Waals surface area contributed by atoms with Gasteiger partial charge in [0.05, 0.1) is 34.9 Å². The van der Waals surface area contributed by atoms with Crippen molar-refractivity contribution >= 4 is 47.3 Å². The number of hydrogen-bond acceptors (Lipinski definition) is 8. The summed E-state index contributed by atoms with van der Waals surface area (Å²) in [6.07, 6.45) is 1.88. The van der Waals surface area contributed by atoms with Crippen LogP contribution in [0.1, 0.15) is 69.8 Å². The molecule has 4 N–H and O–H groups in total. The number of para-hydroxylation sites is 1. The number of urea groups is 1. The Morgan fingerprint density at radius 2 is 1.98 bits per heavy atom. The van der Waals surface area contributed by atoms with Gasteiger partial charge in [-0.25, -0.2) is 9.18 Å². The van der Waals surface area contributed by atoms with Crippen LogP contribution in [0.4, 0.5) is 20.6 Å². The number of fused-ring (bicyclic) bond motifs is 1. The molecular weight excluding hydrogens is 561 g/mol. The van der Waals surface area contributed by atoms with Crippen LogP contribution in [0.15, 0.2) is 35.2 Å². The molecular formula is C30H40FN5O5S. The molecule has 0 aromatic heterocycles. The molecule has 1 fully saturated rings. The van der Waals surface area contributed by atoms with E-state index in [1.54, 1.807) is 23.7 Å². The highest BCUT2D eigenvalue weighted by atomic mass is 32.2. The lowest BCUT2D eigenvalue weighted by molar-refractivity contribution is -0.137. The van der Waals surface area contributed by atoms with Crippen molar-refractivity contribution in [1.82, 2.24) is 15.5 Å². The Hall–Kier alpha value is -3.64. The number of halogens is 1. The molecule has 0 saturated carbocycles. The van der Waals surface area contributed by atoms with Crippen molar-refractivity contribution < 1.29 is 28.3 Å². The van der Waals surface area contributed by atoms with Gasteiger partial charge < -0.3 is 20.7 Å². The first kappa shape index (κ1) is 32.9. The number of rotatable bonds is 10. The number of carbonyl (C=O) groups is 4. The summed E-state index contributed by atoms with van der Waals surface area (Å²) in [6, 6.07) is 7.30. The molecule has 2 aromatic rings. The quantitative estimate of drug-likeness (QED) is 0.218. The zero-order valence-corrected chi connectivity index (χ0v) is 25.7. The van der Waals surface area contributed by atoms with Crippen molar-refractivity contribution in [2.24, 2.45) is 0 Å². The lowest BCUT2D eigenvalue weighted by Crippen LogP contribution is -2.54.